The van der Waals surface area contributed by atoms with Gasteiger partial charge in [0.05, 0.1) is 12.3 Å². The maximum absolute atomic E-state index is 11.6. The van der Waals surface area contributed by atoms with Gasteiger partial charge in [0.25, 0.3) is 5.56 Å². The monoisotopic (exact) mass is 356 g/mol. The molecular formula is C12H13N4O7P. The number of hydrogen-bond donors (Lipinski definition) is 5. The summed E-state index contributed by atoms with van der Waals surface area (Å²) < 4.78 is 15.2. The highest BCUT2D eigenvalue weighted by Crippen LogP contribution is 2.37. The number of rotatable bonds is 5. The van der Waals surface area contributed by atoms with Crippen molar-refractivity contribution in [2.24, 2.45) is 4.99 Å². The third kappa shape index (κ3) is 4.46. The van der Waals surface area contributed by atoms with E-state index < -0.39 is 25.7 Å². The van der Waals surface area contributed by atoms with E-state index in [-0.39, 0.29) is 28.3 Å². The fraction of sp³-hybridized carbons (Fsp3) is 0.167. The average molecular weight is 356 g/mol. The van der Waals surface area contributed by atoms with Crippen LogP contribution in [0.1, 0.15) is 16.8 Å². The van der Waals surface area contributed by atoms with E-state index in [9.17, 15) is 19.3 Å². The highest BCUT2D eigenvalue weighted by atomic mass is 31.2. The van der Waals surface area contributed by atoms with Gasteiger partial charge in [0.2, 0.25) is 0 Å². The van der Waals surface area contributed by atoms with Gasteiger partial charge in [-0.15, -0.1) is 0 Å². The number of phosphoric ester groups is 1. The van der Waals surface area contributed by atoms with Crippen LogP contribution in [0.4, 0.5) is 5.69 Å². The van der Waals surface area contributed by atoms with Gasteiger partial charge in [-0.3, -0.25) is 19.3 Å². The zero-order valence-electron chi connectivity index (χ0n) is 12.3. The first-order chi connectivity index (χ1) is 11.2. The molecule has 0 saturated carbocycles. The van der Waals surface area contributed by atoms with E-state index in [1.54, 1.807) is 0 Å². The van der Waals surface area contributed by atoms with Crippen molar-refractivity contribution in [3.05, 3.63) is 50.1 Å². The Morgan fingerprint density at radius 1 is 1.42 bits per heavy atom. The highest BCUT2D eigenvalue weighted by molar-refractivity contribution is 7.46. The van der Waals surface area contributed by atoms with E-state index in [1.807, 2.05) is 4.98 Å². The van der Waals surface area contributed by atoms with Crippen molar-refractivity contribution in [2.45, 2.75) is 13.5 Å². The number of hydrogen-bond acceptors (Lipinski definition) is 7. The number of pyridine rings is 1. The quantitative estimate of drug-likeness (QED) is 0.362. The number of aromatic amines is 2. The average Bonchev–Trinajstić information content (AvgIpc) is 2.48. The van der Waals surface area contributed by atoms with Gasteiger partial charge in [-0.1, -0.05) is 0 Å². The molecular weight excluding hydrogens is 343 g/mol. The molecule has 0 unspecified atom stereocenters. The number of nitrogens with zero attached hydrogens (tertiary/aromatic N) is 2. The molecule has 128 valence electrons. The summed E-state index contributed by atoms with van der Waals surface area (Å²) in [5, 5.41) is 10.1. The predicted molar refractivity (Wildman–Crippen MR) is 82.4 cm³/mol. The van der Waals surface area contributed by atoms with E-state index in [0.29, 0.717) is 0 Å². The summed E-state index contributed by atoms with van der Waals surface area (Å²) in [4.78, 5) is 51.9. The lowest BCUT2D eigenvalue weighted by atomic mass is 10.1. The van der Waals surface area contributed by atoms with Crippen molar-refractivity contribution >= 4 is 19.7 Å². The first-order valence-corrected chi connectivity index (χ1v) is 7.94. The van der Waals surface area contributed by atoms with Crippen LogP contribution in [-0.4, -0.2) is 36.1 Å². The SMILES string of the molecule is Cc1ncc(COP(=O)(O)O)c(C=Nc2c[nH]c(=O)[nH]c2=O)c1O. The van der Waals surface area contributed by atoms with E-state index in [0.717, 1.165) is 12.4 Å². The van der Waals surface area contributed by atoms with Gasteiger partial charge < -0.3 is 19.9 Å². The summed E-state index contributed by atoms with van der Waals surface area (Å²) in [6, 6.07) is 0. The molecule has 0 aliphatic carbocycles. The number of aryl methyl sites for hydroxylation is 1. The van der Waals surface area contributed by atoms with Crippen LogP contribution in [0, 0.1) is 6.92 Å². The minimum Gasteiger partial charge on any atom is -0.505 e. The van der Waals surface area contributed by atoms with Gasteiger partial charge in [0.15, 0.2) is 0 Å². The Hall–Kier alpha value is -2.59. The van der Waals surface area contributed by atoms with Gasteiger partial charge in [-0.2, -0.15) is 0 Å². The molecule has 0 spiro atoms. The van der Waals surface area contributed by atoms with Crippen LogP contribution in [-0.2, 0) is 15.7 Å². The molecule has 2 rings (SSSR count). The molecule has 0 fully saturated rings. The Bertz CT molecular complexity index is 943. The summed E-state index contributed by atoms with van der Waals surface area (Å²) in [7, 11) is -4.72. The molecule has 0 aliphatic heterocycles. The highest BCUT2D eigenvalue weighted by Gasteiger charge is 2.17. The fourth-order valence-electron chi connectivity index (χ4n) is 1.70. The number of phosphoric acid groups is 1. The fourth-order valence-corrected chi connectivity index (χ4v) is 2.01. The normalized spacial score (nSPS) is 12.0. The first kappa shape index (κ1) is 17.8. The van der Waals surface area contributed by atoms with Crippen molar-refractivity contribution in [3.8, 4) is 5.75 Å². The van der Waals surface area contributed by atoms with Crippen molar-refractivity contribution in [3.63, 3.8) is 0 Å². The standard InChI is InChI=1S/C12H13N4O7P/c1-6-10(17)8(7(2-13-6)5-23-24(20,21)22)3-14-9-4-15-12(19)16-11(9)18/h2-4,17H,5H2,1H3,(H2,20,21,22)(H2,15,16,18,19). The number of nitrogens with one attached hydrogen (secondary N) is 2. The minimum absolute atomic E-state index is 0.0709. The molecule has 0 radical (unpaired) electrons. The lowest BCUT2D eigenvalue weighted by Crippen LogP contribution is -2.20. The number of aromatic hydroxyl groups is 1. The smallest absolute Gasteiger partial charge is 0.469 e. The van der Waals surface area contributed by atoms with Crippen LogP contribution in [0.25, 0.3) is 0 Å². The number of aromatic nitrogens is 3. The molecule has 0 amide bonds. The van der Waals surface area contributed by atoms with Crippen LogP contribution in [0.2, 0.25) is 0 Å². The molecule has 0 aliphatic rings. The second kappa shape index (κ2) is 6.89. The topological polar surface area (TPSA) is 178 Å². The van der Waals surface area contributed by atoms with E-state index >= 15 is 0 Å². The molecule has 5 N–H and O–H groups in total. The van der Waals surface area contributed by atoms with Gasteiger partial charge in [0, 0.05) is 29.7 Å². The molecule has 0 aromatic carbocycles. The van der Waals surface area contributed by atoms with Crippen LogP contribution in [0.15, 0.2) is 27.0 Å². The van der Waals surface area contributed by atoms with Crippen molar-refractivity contribution < 1.29 is 24.0 Å². The van der Waals surface area contributed by atoms with Gasteiger partial charge in [0.1, 0.15) is 11.4 Å². The molecule has 12 heteroatoms. The largest absolute Gasteiger partial charge is 0.505 e. The Kier molecular flexibility index (Phi) is 5.10. The lowest BCUT2D eigenvalue weighted by molar-refractivity contribution is 0.188. The van der Waals surface area contributed by atoms with E-state index in [4.69, 9.17) is 9.79 Å². The van der Waals surface area contributed by atoms with Crippen LogP contribution < -0.4 is 11.2 Å². The molecule has 2 heterocycles. The molecule has 0 atom stereocenters. The van der Waals surface area contributed by atoms with Crippen molar-refractivity contribution in [1.29, 1.82) is 0 Å². The molecule has 2 aromatic rings. The van der Waals surface area contributed by atoms with Crippen LogP contribution in [0.5, 0.6) is 5.75 Å². The van der Waals surface area contributed by atoms with Gasteiger partial charge >= 0.3 is 13.5 Å². The van der Waals surface area contributed by atoms with Crippen molar-refractivity contribution in [1.82, 2.24) is 15.0 Å². The second-order valence-electron chi connectivity index (χ2n) is 4.61. The molecule has 2 aromatic heterocycles. The molecule has 11 nitrogen and oxygen atoms in total. The first-order valence-electron chi connectivity index (χ1n) is 6.41. The third-order valence-electron chi connectivity index (χ3n) is 2.88. The maximum atomic E-state index is 11.6. The Morgan fingerprint density at radius 2 is 2.12 bits per heavy atom. The number of aliphatic imine (C=N–C) groups is 1. The van der Waals surface area contributed by atoms with Crippen LogP contribution in [0.3, 0.4) is 0 Å². The van der Waals surface area contributed by atoms with Gasteiger partial charge in [-0.25, -0.2) is 14.4 Å². The zero-order valence-corrected chi connectivity index (χ0v) is 13.1. The summed E-state index contributed by atoms with van der Waals surface area (Å²) >= 11 is 0. The minimum atomic E-state index is -4.72. The van der Waals surface area contributed by atoms with E-state index in [1.165, 1.54) is 13.1 Å². The molecule has 0 saturated heterocycles. The predicted octanol–water partition coefficient (Wildman–Crippen LogP) is -0.168. The Morgan fingerprint density at radius 3 is 2.75 bits per heavy atom. The third-order valence-corrected chi connectivity index (χ3v) is 3.34. The Labute approximate surface area is 134 Å². The van der Waals surface area contributed by atoms with Crippen molar-refractivity contribution in [2.75, 3.05) is 0 Å². The Balaban J connectivity index is 2.42. The molecule has 0 bridgehead atoms. The summed E-state index contributed by atoms with van der Waals surface area (Å²) in [6.07, 6.45) is 3.43. The lowest BCUT2D eigenvalue weighted by Gasteiger charge is -2.10. The maximum Gasteiger partial charge on any atom is 0.469 e. The van der Waals surface area contributed by atoms with Crippen LogP contribution >= 0.6 is 7.82 Å². The summed E-state index contributed by atoms with van der Waals surface area (Å²) in [5.74, 6) is -0.286. The zero-order chi connectivity index (χ0) is 17.9. The molecule has 24 heavy (non-hydrogen) atoms. The second-order valence-corrected chi connectivity index (χ2v) is 5.85. The summed E-state index contributed by atoms with van der Waals surface area (Å²) in [5.41, 5.74) is -1.12. The number of H-pyrrole nitrogens is 2. The summed E-state index contributed by atoms with van der Waals surface area (Å²) in [6.45, 7) is 0.974. The van der Waals surface area contributed by atoms with Gasteiger partial charge in [-0.05, 0) is 6.92 Å². The van der Waals surface area contributed by atoms with E-state index in [2.05, 4.69) is 19.5 Å².